The summed E-state index contributed by atoms with van der Waals surface area (Å²) in [4.78, 5) is 17.4. The highest BCUT2D eigenvalue weighted by Crippen LogP contribution is 2.33. The summed E-state index contributed by atoms with van der Waals surface area (Å²) in [6.07, 6.45) is 0.511. The van der Waals surface area contributed by atoms with E-state index in [1.807, 2.05) is 26.0 Å². The van der Waals surface area contributed by atoms with Gasteiger partial charge in [-0.2, -0.15) is 0 Å². The zero-order chi connectivity index (χ0) is 23.0. The average Bonchev–Trinajstić information content (AvgIpc) is 2.83. The third kappa shape index (κ3) is 5.00. The fraction of sp³-hybridized carbons (Fsp3) is 0.500. The molecule has 1 unspecified atom stereocenters. The number of ether oxygens (including phenoxy) is 2. The van der Waals surface area contributed by atoms with Gasteiger partial charge in [-0.25, -0.2) is 0 Å². The first-order valence-corrected chi connectivity index (χ1v) is 11.8. The minimum absolute atomic E-state index is 0.115. The van der Waals surface area contributed by atoms with Crippen molar-refractivity contribution in [1.82, 2.24) is 15.1 Å². The molecule has 5 rings (SSSR count). The van der Waals surface area contributed by atoms with E-state index < -0.39 is 11.7 Å². The zero-order valence-electron chi connectivity index (χ0n) is 19.4. The molecule has 33 heavy (non-hydrogen) atoms. The van der Waals surface area contributed by atoms with Crippen LogP contribution in [0.15, 0.2) is 42.5 Å². The Morgan fingerprint density at radius 2 is 1.97 bits per heavy atom. The Morgan fingerprint density at radius 3 is 2.73 bits per heavy atom. The second-order valence-electron chi connectivity index (χ2n) is 10.0. The molecule has 2 aromatic rings. The molecule has 1 fully saturated rings. The maximum Gasteiger partial charge on any atom is 0.257 e. The van der Waals surface area contributed by atoms with Crippen LogP contribution >= 0.6 is 0 Å². The largest absolute Gasteiger partial charge is 0.488 e. The van der Waals surface area contributed by atoms with Crippen molar-refractivity contribution >= 4 is 5.91 Å². The number of nitrogens with one attached hydrogen (secondary N) is 1. The van der Waals surface area contributed by atoms with Crippen LogP contribution < -0.4 is 14.8 Å². The lowest BCUT2D eigenvalue weighted by Crippen LogP contribution is -2.50. The third-order valence-corrected chi connectivity index (χ3v) is 6.59. The summed E-state index contributed by atoms with van der Waals surface area (Å²) in [5.41, 5.74) is 2.64. The molecule has 0 aliphatic carbocycles. The molecule has 7 heteroatoms. The van der Waals surface area contributed by atoms with Gasteiger partial charge in [0, 0.05) is 45.3 Å². The summed E-state index contributed by atoms with van der Waals surface area (Å²) in [6.45, 7) is 8.57. The SMILES string of the molecule is CC1(C)CN(CC(O)CN2CCc3ccccc3C2)C(=O)c2ccc(OC3CNC3)cc2O1. The number of hydrogen-bond acceptors (Lipinski definition) is 6. The number of benzene rings is 2. The van der Waals surface area contributed by atoms with Crippen LogP contribution in [0.5, 0.6) is 11.5 Å². The van der Waals surface area contributed by atoms with Crippen molar-refractivity contribution in [3.05, 3.63) is 59.2 Å². The maximum atomic E-state index is 13.4. The first kappa shape index (κ1) is 22.2. The molecule has 0 aromatic heterocycles. The predicted molar refractivity (Wildman–Crippen MR) is 126 cm³/mol. The van der Waals surface area contributed by atoms with Crippen molar-refractivity contribution in [2.45, 2.75) is 44.6 Å². The van der Waals surface area contributed by atoms with Gasteiger partial charge in [-0.05, 0) is 43.5 Å². The highest BCUT2D eigenvalue weighted by atomic mass is 16.5. The van der Waals surface area contributed by atoms with Gasteiger partial charge in [0.2, 0.25) is 0 Å². The maximum absolute atomic E-state index is 13.4. The lowest BCUT2D eigenvalue weighted by atomic mass is 9.99. The Hall–Kier alpha value is -2.61. The lowest BCUT2D eigenvalue weighted by Gasteiger charge is -2.33. The van der Waals surface area contributed by atoms with Crippen LogP contribution in [0.4, 0.5) is 0 Å². The van der Waals surface area contributed by atoms with E-state index in [9.17, 15) is 9.90 Å². The second-order valence-corrected chi connectivity index (χ2v) is 10.0. The molecule has 2 N–H and O–H groups in total. The van der Waals surface area contributed by atoms with E-state index in [0.717, 1.165) is 32.6 Å². The van der Waals surface area contributed by atoms with E-state index in [4.69, 9.17) is 9.47 Å². The molecule has 1 amide bonds. The number of aliphatic hydroxyl groups excluding tert-OH is 1. The number of β-amino-alcohol motifs (C(OH)–C–C–N with tert-alkyl or cyclic N) is 1. The van der Waals surface area contributed by atoms with Gasteiger partial charge in [0.25, 0.3) is 5.91 Å². The number of carbonyl (C=O) groups excluding carboxylic acids is 1. The van der Waals surface area contributed by atoms with Gasteiger partial charge in [0.05, 0.1) is 18.2 Å². The molecule has 3 aliphatic heterocycles. The van der Waals surface area contributed by atoms with Gasteiger partial charge in [-0.1, -0.05) is 24.3 Å². The Labute approximate surface area is 195 Å². The fourth-order valence-electron chi connectivity index (χ4n) is 4.87. The number of fused-ring (bicyclic) bond motifs is 2. The zero-order valence-corrected chi connectivity index (χ0v) is 19.4. The predicted octanol–water partition coefficient (Wildman–Crippen LogP) is 2.07. The summed E-state index contributed by atoms with van der Waals surface area (Å²) < 4.78 is 12.2. The Bertz CT molecular complexity index is 1020. The van der Waals surface area contributed by atoms with Gasteiger partial charge in [-0.3, -0.25) is 9.69 Å². The standard InChI is InChI=1S/C26H33N3O4/c1-26(2)17-29(16-20(30)15-28-10-9-18-5-3-4-6-19(18)14-28)25(31)23-8-7-21(11-24(23)33-26)32-22-12-27-13-22/h3-8,11,20,22,27,30H,9-10,12-17H2,1-2H3. The number of hydrogen-bond donors (Lipinski definition) is 2. The smallest absolute Gasteiger partial charge is 0.257 e. The molecule has 0 saturated carbocycles. The molecule has 2 aromatic carbocycles. The normalized spacial score (nSPS) is 21.3. The van der Waals surface area contributed by atoms with Gasteiger partial charge in [0.15, 0.2) is 0 Å². The van der Waals surface area contributed by atoms with Gasteiger partial charge < -0.3 is 24.8 Å². The molecular formula is C26H33N3O4. The molecular weight excluding hydrogens is 418 g/mol. The van der Waals surface area contributed by atoms with Crippen LogP contribution in [0, 0.1) is 0 Å². The van der Waals surface area contributed by atoms with Crippen LogP contribution in [-0.2, 0) is 13.0 Å². The highest BCUT2D eigenvalue weighted by molar-refractivity contribution is 5.97. The number of amides is 1. The summed E-state index contributed by atoms with van der Waals surface area (Å²) in [7, 11) is 0. The molecule has 0 radical (unpaired) electrons. The number of aliphatic hydroxyl groups is 1. The van der Waals surface area contributed by atoms with Crippen molar-refractivity contribution in [1.29, 1.82) is 0 Å². The second kappa shape index (κ2) is 8.97. The van der Waals surface area contributed by atoms with Crippen LogP contribution in [0.3, 0.4) is 0 Å². The fourth-order valence-corrected chi connectivity index (χ4v) is 4.87. The van der Waals surface area contributed by atoms with E-state index in [0.29, 0.717) is 30.2 Å². The summed E-state index contributed by atoms with van der Waals surface area (Å²) in [5.74, 6) is 1.14. The average molecular weight is 452 g/mol. The number of nitrogens with zero attached hydrogens (tertiary/aromatic N) is 2. The first-order chi connectivity index (χ1) is 15.9. The molecule has 3 aliphatic rings. The monoisotopic (exact) mass is 451 g/mol. The Morgan fingerprint density at radius 1 is 1.18 bits per heavy atom. The first-order valence-electron chi connectivity index (χ1n) is 11.8. The molecule has 0 spiro atoms. The minimum atomic E-state index is -0.634. The molecule has 0 bridgehead atoms. The topological polar surface area (TPSA) is 74.3 Å². The van der Waals surface area contributed by atoms with Crippen molar-refractivity contribution in [2.24, 2.45) is 0 Å². The quantitative estimate of drug-likeness (QED) is 0.701. The van der Waals surface area contributed by atoms with Crippen LogP contribution in [0.25, 0.3) is 0 Å². The van der Waals surface area contributed by atoms with E-state index in [1.165, 1.54) is 11.1 Å². The van der Waals surface area contributed by atoms with Gasteiger partial charge >= 0.3 is 0 Å². The van der Waals surface area contributed by atoms with E-state index in [1.54, 1.807) is 11.0 Å². The summed E-state index contributed by atoms with van der Waals surface area (Å²) >= 11 is 0. The lowest BCUT2D eigenvalue weighted by molar-refractivity contribution is 0.0287. The van der Waals surface area contributed by atoms with Crippen molar-refractivity contribution in [2.75, 3.05) is 39.3 Å². The Kier molecular flexibility index (Phi) is 6.03. The molecule has 1 saturated heterocycles. The van der Waals surface area contributed by atoms with E-state index in [2.05, 4.69) is 34.5 Å². The van der Waals surface area contributed by atoms with Crippen LogP contribution in [0.1, 0.15) is 35.3 Å². The van der Waals surface area contributed by atoms with Crippen LogP contribution in [-0.4, -0.2) is 77.9 Å². The number of rotatable bonds is 6. The number of carbonyl (C=O) groups is 1. The Balaban J connectivity index is 1.26. The molecule has 7 nitrogen and oxygen atoms in total. The van der Waals surface area contributed by atoms with Gasteiger partial charge in [0.1, 0.15) is 23.2 Å². The minimum Gasteiger partial charge on any atom is -0.488 e. The van der Waals surface area contributed by atoms with Crippen molar-refractivity contribution < 1.29 is 19.4 Å². The molecule has 1 atom stereocenters. The van der Waals surface area contributed by atoms with Crippen molar-refractivity contribution in [3.63, 3.8) is 0 Å². The summed E-state index contributed by atoms with van der Waals surface area (Å²) in [5, 5.41) is 14.1. The van der Waals surface area contributed by atoms with E-state index >= 15 is 0 Å². The van der Waals surface area contributed by atoms with Crippen LogP contribution in [0.2, 0.25) is 0 Å². The molecule has 176 valence electrons. The third-order valence-electron chi connectivity index (χ3n) is 6.59. The molecule has 3 heterocycles. The van der Waals surface area contributed by atoms with Gasteiger partial charge in [-0.15, -0.1) is 0 Å². The summed E-state index contributed by atoms with van der Waals surface area (Å²) in [6, 6.07) is 13.9. The van der Waals surface area contributed by atoms with E-state index in [-0.39, 0.29) is 18.6 Å². The van der Waals surface area contributed by atoms with Crippen molar-refractivity contribution in [3.8, 4) is 11.5 Å². The highest BCUT2D eigenvalue weighted by Gasteiger charge is 2.35.